The van der Waals surface area contributed by atoms with Crippen LogP contribution in [0.25, 0.3) is 0 Å². The minimum absolute atomic E-state index is 0.0456. The highest BCUT2D eigenvalue weighted by Gasteiger charge is 2.34. The fraction of sp³-hybridized carbons (Fsp3) is 0.394. The van der Waals surface area contributed by atoms with Gasteiger partial charge in [-0.05, 0) is 61.1 Å². The molecule has 7 nitrogen and oxygen atoms in total. The van der Waals surface area contributed by atoms with Gasteiger partial charge in [0.2, 0.25) is 21.8 Å². The zero-order valence-electron chi connectivity index (χ0n) is 24.6. The van der Waals surface area contributed by atoms with Crippen molar-refractivity contribution in [2.45, 2.75) is 71.0 Å². The largest absolute Gasteiger partial charge is 0.352 e. The molecule has 0 unspecified atom stereocenters. The fourth-order valence-corrected chi connectivity index (χ4v) is 6.59. The van der Waals surface area contributed by atoms with Crippen molar-refractivity contribution in [1.82, 2.24) is 10.2 Å². The number of sulfonamides is 1. The molecule has 1 N–H and O–H groups in total. The maximum atomic E-state index is 14.3. The van der Waals surface area contributed by atoms with Gasteiger partial charge in [0.15, 0.2) is 0 Å². The van der Waals surface area contributed by atoms with Crippen LogP contribution in [0.15, 0.2) is 72.8 Å². The summed E-state index contributed by atoms with van der Waals surface area (Å²) in [5, 5.41) is 3.68. The van der Waals surface area contributed by atoms with E-state index < -0.39 is 28.5 Å². The fourth-order valence-electron chi connectivity index (χ4n) is 5.49. The SMILES string of the molecule is Cc1ccc(C)c(N(CC(=O)N(Cc2ccccc2Cl)[C@@H](Cc2ccccc2)C(=O)NC2CCCCC2)S(C)(=O)=O)c1. The number of aryl methyl sites for hydroxylation is 2. The summed E-state index contributed by atoms with van der Waals surface area (Å²) in [5.74, 6) is -0.732. The smallest absolute Gasteiger partial charge is 0.244 e. The third-order valence-electron chi connectivity index (χ3n) is 7.83. The zero-order valence-corrected chi connectivity index (χ0v) is 26.1. The topological polar surface area (TPSA) is 86.8 Å². The molecule has 4 rings (SSSR count). The molecule has 3 aromatic rings. The number of hydrogen-bond acceptors (Lipinski definition) is 4. The highest BCUT2D eigenvalue weighted by molar-refractivity contribution is 7.92. The third-order valence-corrected chi connectivity index (χ3v) is 9.33. The van der Waals surface area contributed by atoms with Gasteiger partial charge in [-0.15, -0.1) is 0 Å². The van der Waals surface area contributed by atoms with Crippen LogP contribution in [0.1, 0.15) is 54.4 Å². The second-order valence-corrected chi connectivity index (χ2v) is 13.5. The molecule has 0 aliphatic heterocycles. The molecule has 0 bridgehead atoms. The van der Waals surface area contributed by atoms with E-state index in [9.17, 15) is 18.0 Å². The highest BCUT2D eigenvalue weighted by Crippen LogP contribution is 2.26. The van der Waals surface area contributed by atoms with Crippen molar-refractivity contribution in [3.63, 3.8) is 0 Å². The molecule has 0 spiro atoms. The predicted molar refractivity (Wildman–Crippen MR) is 169 cm³/mol. The van der Waals surface area contributed by atoms with Gasteiger partial charge in [-0.2, -0.15) is 0 Å². The molecule has 3 aromatic carbocycles. The molecule has 42 heavy (non-hydrogen) atoms. The number of nitrogens with zero attached hydrogens (tertiary/aromatic N) is 2. The molecular formula is C33H40ClN3O4S. The molecule has 224 valence electrons. The van der Waals surface area contributed by atoms with Crippen LogP contribution in [0.2, 0.25) is 5.02 Å². The van der Waals surface area contributed by atoms with Crippen LogP contribution in [0.3, 0.4) is 0 Å². The van der Waals surface area contributed by atoms with Gasteiger partial charge in [0, 0.05) is 24.0 Å². The zero-order chi connectivity index (χ0) is 30.3. The number of nitrogens with one attached hydrogen (secondary N) is 1. The van der Waals surface area contributed by atoms with Crippen LogP contribution >= 0.6 is 11.6 Å². The number of carbonyl (C=O) groups is 2. The summed E-state index contributed by atoms with van der Waals surface area (Å²) in [5.41, 5.74) is 3.61. The van der Waals surface area contributed by atoms with Gasteiger partial charge >= 0.3 is 0 Å². The maximum absolute atomic E-state index is 14.3. The van der Waals surface area contributed by atoms with Crippen molar-refractivity contribution in [3.05, 3.63) is 100 Å². The molecule has 0 aromatic heterocycles. The predicted octanol–water partition coefficient (Wildman–Crippen LogP) is 5.81. The lowest BCUT2D eigenvalue weighted by Gasteiger charge is -2.35. The van der Waals surface area contributed by atoms with Gasteiger partial charge < -0.3 is 10.2 Å². The summed E-state index contributed by atoms with van der Waals surface area (Å²) >= 11 is 6.54. The van der Waals surface area contributed by atoms with E-state index >= 15 is 0 Å². The lowest BCUT2D eigenvalue weighted by atomic mass is 9.94. The minimum Gasteiger partial charge on any atom is -0.352 e. The molecule has 1 aliphatic carbocycles. The Morgan fingerprint density at radius 1 is 0.952 bits per heavy atom. The van der Waals surface area contributed by atoms with Gasteiger partial charge in [0.25, 0.3) is 0 Å². The van der Waals surface area contributed by atoms with E-state index in [1.165, 1.54) is 4.90 Å². The summed E-state index contributed by atoms with van der Waals surface area (Å²) in [6.45, 7) is 3.29. The molecular weight excluding hydrogens is 570 g/mol. The number of hydrogen-bond donors (Lipinski definition) is 1. The number of anilines is 1. The first-order chi connectivity index (χ1) is 20.0. The van der Waals surface area contributed by atoms with E-state index in [0.29, 0.717) is 16.3 Å². The molecule has 0 heterocycles. The Morgan fingerprint density at radius 3 is 2.29 bits per heavy atom. The lowest BCUT2D eigenvalue weighted by molar-refractivity contribution is -0.140. The van der Waals surface area contributed by atoms with E-state index in [4.69, 9.17) is 11.6 Å². The van der Waals surface area contributed by atoms with Crippen molar-refractivity contribution in [2.24, 2.45) is 0 Å². The Bertz CT molecular complexity index is 1490. The Balaban J connectivity index is 1.75. The molecule has 0 radical (unpaired) electrons. The number of rotatable bonds is 11. The van der Waals surface area contributed by atoms with E-state index in [-0.39, 0.29) is 24.9 Å². The second kappa shape index (κ2) is 14.2. The highest BCUT2D eigenvalue weighted by atomic mass is 35.5. The van der Waals surface area contributed by atoms with Gasteiger partial charge in [-0.3, -0.25) is 13.9 Å². The first kappa shape index (κ1) is 31.6. The third kappa shape index (κ3) is 8.35. The Labute approximate surface area is 254 Å². The van der Waals surface area contributed by atoms with Gasteiger partial charge in [-0.25, -0.2) is 8.42 Å². The molecule has 1 saturated carbocycles. The van der Waals surface area contributed by atoms with E-state index in [1.807, 2.05) is 68.4 Å². The monoisotopic (exact) mass is 609 g/mol. The summed E-state index contributed by atoms with van der Waals surface area (Å²) < 4.78 is 27.3. The van der Waals surface area contributed by atoms with Gasteiger partial charge in [0.05, 0.1) is 11.9 Å². The first-order valence-corrected chi connectivity index (χ1v) is 16.7. The van der Waals surface area contributed by atoms with Crippen LogP contribution in [0.4, 0.5) is 5.69 Å². The second-order valence-electron chi connectivity index (χ2n) is 11.2. The van der Waals surface area contributed by atoms with Crippen molar-refractivity contribution in [2.75, 3.05) is 17.1 Å². The van der Waals surface area contributed by atoms with E-state index in [0.717, 1.165) is 59.4 Å². The number of benzene rings is 3. The average molecular weight is 610 g/mol. The Kier molecular flexibility index (Phi) is 10.7. The summed E-state index contributed by atoms with van der Waals surface area (Å²) in [6, 6.07) is 21.4. The number of halogens is 1. The standard InChI is InChI=1S/C33H40ClN3O4S/c1-24-18-19-25(2)30(20-24)37(42(3,40)41)23-32(38)36(22-27-14-10-11-17-29(27)34)31(21-26-12-6-4-7-13-26)33(39)35-28-15-8-5-9-16-28/h4,6-7,10-14,17-20,28,31H,5,8-9,15-16,21-23H2,1-3H3,(H,35,39)/t31-/m0/s1. The molecule has 2 amide bonds. The van der Waals surface area contributed by atoms with Crippen LogP contribution in [-0.2, 0) is 32.6 Å². The average Bonchev–Trinajstić information content (AvgIpc) is 2.96. The van der Waals surface area contributed by atoms with Crippen LogP contribution < -0.4 is 9.62 Å². The molecule has 9 heteroatoms. The van der Waals surface area contributed by atoms with Gasteiger partial charge in [-0.1, -0.05) is 91.5 Å². The van der Waals surface area contributed by atoms with Crippen LogP contribution in [0, 0.1) is 13.8 Å². The van der Waals surface area contributed by atoms with Crippen molar-refractivity contribution in [1.29, 1.82) is 0 Å². The van der Waals surface area contributed by atoms with Crippen molar-refractivity contribution in [3.8, 4) is 0 Å². The maximum Gasteiger partial charge on any atom is 0.244 e. The normalized spacial score (nSPS) is 14.7. The molecule has 0 saturated heterocycles. The summed E-state index contributed by atoms with van der Waals surface area (Å²) in [7, 11) is -3.84. The first-order valence-electron chi connectivity index (χ1n) is 14.4. The van der Waals surface area contributed by atoms with E-state index in [2.05, 4.69) is 5.32 Å². The van der Waals surface area contributed by atoms with Crippen molar-refractivity contribution < 1.29 is 18.0 Å². The lowest BCUT2D eigenvalue weighted by Crippen LogP contribution is -2.55. The van der Waals surface area contributed by atoms with Crippen LogP contribution in [-0.4, -0.2) is 50.0 Å². The number of carbonyl (C=O) groups excluding carboxylic acids is 2. The Hall–Kier alpha value is -3.36. The summed E-state index contributed by atoms with van der Waals surface area (Å²) in [6.07, 6.45) is 6.42. The minimum atomic E-state index is -3.84. The van der Waals surface area contributed by atoms with Gasteiger partial charge in [0.1, 0.15) is 12.6 Å². The quantitative estimate of drug-likeness (QED) is 0.297. The van der Waals surface area contributed by atoms with Crippen molar-refractivity contribution >= 4 is 39.1 Å². The molecule has 1 fully saturated rings. The molecule has 1 atom stereocenters. The summed E-state index contributed by atoms with van der Waals surface area (Å²) in [4.78, 5) is 29.8. The number of amides is 2. The van der Waals surface area contributed by atoms with E-state index in [1.54, 1.807) is 18.2 Å². The Morgan fingerprint density at radius 2 is 1.62 bits per heavy atom. The molecule has 1 aliphatic rings. The van der Waals surface area contributed by atoms with Crippen LogP contribution in [0.5, 0.6) is 0 Å².